The minimum atomic E-state index is -0.354. The van der Waals surface area contributed by atoms with Crippen molar-refractivity contribution in [3.8, 4) is 6.07 Å². The molecule has 100 valence electrons. The van der Waals surface area contributed by atoms with Gasteiger partial charge in [0.1, 0.15) is 0 Å². The molecule has 0 aliphatic rings. The Bertz CT molecular complexity index is 689. The van der Waals surface area contributed by atoms with E-state index in [2.05, 4.69) is 25.2 Å². The number of nitrogens with one attached hydrogen (secondary N) is 1. The number of oxazole rings is 1. The van der Waals surface area contributed by atoms with E-state index in [1.807, 2.05) is 18.2 Å². The first-order valence-electron chi connectivity index (χ1n) is 6.13. The van der Waals surface area contributed by atoms with Gasteiger partial charge in [-0.3, -0.25) is 4.57 Å². The van der Waals surface area contributed by atoms with Gasteiger partial charge in [-0.05, 0) is 17.7 Å². The van der Waals surface area contributed by atoms with E-state index in [4.69, 9.17) is 9.68 Å². The highest BCUT2D eigenvalue weighted by Crippen LogP contribution is 2.25. The van der Waals surface area contributed by atoms with Crippen LogP contribution in [-0.4, -0.2) is 17.7 Å². The quantitative estimate of drug-likeness (QED) is 0.667. The van der Waals surface area contributed by atoms with Crippen LogP contribution in [0.15, 0.2) is 27.4 Å². The number of hydrogen-bond acceptors (Lipinski definition) is 4. The fourth-order valence-corrected chi connectivity index (χ4v) is 2.08. The van der Waals surface area contributed by atoms with Gasteiger partial charge in [0.2, 0.25) is 0 Å². The van der Waals surface area contributed by atoms with Gasteiger partial charge >= 0.3 is 5.76 Å². The third-order valence-electron chi connectivity index (χ3n) is 3.34. The maximum Gasteiger partial charge on any atom is 0.419 e. The van der Waals surface area contributed by atoms with Gasteiger partial charge < -0.3 is 9.73 Å². The number of nitriles is 1. The molecule has 0 unspecified atom stereocenters. The number of rotatable bonds is 4. The van der Waals surface area contributed by atoms with Crippen LogP contribution in [0.2, 0.25) is 0 Å². The summed E-state index contributed by atoms with van der Waals surface area (Å²) in [6.07, 6.45) is 0. The van der Waals surface area contributed by atoms with E-state index in [9.17, 15) is 4.79 Å². The Labute approximate surface area is 111 Å². The molecule has 0 spiro atoms. The molecule has 0 saturated heterocycles. The Morgan fingerprint density at radius 1 is 1.47 bits per heavy atom. The van der Waals surface area contributed by atoms with Crippen molar-refractivity contribution < 1.29 is 4.42 Å². The number of benzene rings is 1. The summed E-state index contributed by atoms with van der Waals surface area (Å²) in [4.78, 5) is 11.5. The van der Waals surface area contributed by atoms with E-state index in [0.29, 0.717) is 18.7 Å². The van der Waals surface area contributed by atoms with Gasteiger partial charge in [0, 0.05) is 19.0 Å². The summed E-state index contributed by atoms with van der Waals surface area (Å²) in [6, 6.07) is 7.80. The number of fused-ring (bicyclic) bond motifs is 1. The number of aromatic nitrogens is 1. The zero-order valence-corrected chi connectivity index (χ0v) is 11.4. The molecule has 2 rings (SSSR count). The zero-order valence-electron chi connectivity index (χ0n) is 11.4. The molecule has 2 aromatic rings. The lowest BCUT2D eigenvalue weighted by Crippen LogP contribution is -2.33. The number of hydrogen-bond donors (Lipinski definition) is 1. The molecule has 1 aromatic carbocycles. The number of aryl methyl sites for hydroxylation is 1. The molecule has 5 nitrogen and oxygen atoms in total. The maximum atomic E-state index is 11.5. The minimum Gasteiger partial charge on any atom is -0.408 e. The third kappa shape index (κ3) is 2.54. The molecular weight excluding hydrogens is 242 g/mol. The SMILES string of the molecule is Cn1c(=O)oc2ccc(C(C)(C)CNCC#N)cc21. The van der Waals surface area contributed by atoms with Crippen LogP contribution in [0.4, 0.5) is 0 Å². The van der Waals surface area contributed by atoms with Gasteiger partial charge in [0.25, 0.3) is 0 Å². The van der Waals surface area contributed by atoms with Gasteiger partial charge in [-0.1, -0.05) is 19.9 Å². The normalized spacial score (nSPS) is 11.7. The lowest BCUT2D eigenvalue weighted by atomic mass is 9.84. The molecule has 0 atom stereocenters. The average Bonchev–Trinajstić information content (AvgIpc) is 2.65. The van der Waals surface area contributed by atoms with Gasteiger partial charge in [-0.25, -0.2) is 4.79 Å². The number of nitrogens with zero attached hydrogens (tertiary/aromatic N) is 2. The van der Waals surface area contributed by atoms with Crippen molar-refractivity contribution in [1.29, 1.82) is 5.26 Å². The largest absolute Gasteiger partial charge is 0.419 e. The molecule has 0 aliphatic heterocycles. The molecular formula is C14H17N3O2. The second-order valence-electron chi connectivity index (χ2n) is 5.26. The van der Waals surface area contributed by atoms with Crippen molar-refractivity contribution in [2.75, 3.05) is 13.1 Å². The van der Waals surface area contributed by atoms with Gasteiger partial charge in [0.15, 0.2) is 5.58 Å². The summed E-state index contributed by atoms with van der Waals surface area (Å²) in [5, 5.41) is 11.6. The molecule has 19 heavy (non-hydrogen) atoms. The first kappa shape index (κ1) is 13.4. The van der Waals surface area contributed by atoms with Crippen LogP contribution >= 0.6 is 0 Å². The zero-order chi connectivity index (χ0) is 14.0. The Kier molecular flexibility index (Phi) is 3.45. The molecule has 0 aliphatic carbocycles. The first-order valence-corrected chi connectivity index (χ1v) is 6.13. The molecule has 0 radical (unpaired) electrons. The van der Waals surface area contributed by atoms with Crippen LogP contribution in [0.3, 0.4) is 0 Å². The van der Waals surface area contributed by atoms with Crippen LogP contribution in [-0.2, 0) is 12.5 Å². The summed E-state index contributed by atoms with van der Waals surface area (Å²) >= 11 is 0. The minimum absolute atomic E-state index is 0.127. The van der Waals surface area contributed by atoms with Crippen molar-refractivity contribution in [3.05, 3.63) is 34.3 Å². The second kappa shape index (κ2) is 4.90. The summed E-state index contributed by atoms with van der Waals surface area (Å²) in [6.45, 7) is 5.21. The van der Waals surface area contributed by atoms with E-state index in [0.717, 1.165) is 11.1 Å². The van der Waals surface area contributed by atoms with E-state index >= 15 is 0 Å². The van der Waals surface area contributed by atoms with Crippen molar-refractivity contribution in [2.45, 2.75) is 19.3 Å². The monoisotopic (exact) mass is 259 g/mol. The predicted molar refractivity (Wildman–Crippen MR) is 73.0 cm³/mol. The molecule has 1 aromatic heterocycles. The highest BCUT2D eigenvalue weighted by Gasteiger charge is 2.21. The maximum absolute atomic E-state index is 11.5. The highest BCUT2D eigenvalue weighted by atomic mass is 16.4. The van der Waals surface area contributed by atoms with Gasteiger partial charge in [-0.2, -0.15) is 5.26 Å². The lowest BCUT2D eigenvalue weighted by molar-refractivity contribution is 0.485. The topological polar surface area (TPSA) is 71.0 Å². The molecule has 1 heterocycles. The Morgan fingerprint density at radius 2 is 2.21 bits per heavy atom. The Morgan fingerprint density at radius 3 is 2.89 bits per heavy atom. The summed E-state index contributed by atoms with van der Waals surface area (Å²) in [5.41, 5.74) is 2.35. The molecule has 5 heteroatoms. The van der Waals surface area contributed by atoms with Gasteiger partial charge in [-0.15, -0.1) is 0 Å². The van der Waals surface area contributed by atoms with Gasteiger partial charge in [0.05, 0.1) is 18.1 Å². The van der Waals surface area contributed by atoms with Crippen LogP contribution in [0, 0.1) is 11.3 Å². The smallest absolute Gasteiger partial charge is 0.408 e. The Hall–Kier alpha value is -2.06. The summed E-state index contributed by atoms with van der Waals surface area (Å²) < 4.78 is 6.61. The van der Waals surface area contributed by atoms with E-state index in [1.165, 1.54) is 4.57 Å². The fraction of sp³-hybridized carbons (Fsp3) is 0.429. The molecule has 0 saturated carbocycles. The van der Waals surface area contributed by atoms with E-state index < -0.39 is 0 Å². The third-order valence-corrected chi connectivity index (χ3v) is 3.34. The average molecular weight is 259 g/mol. The molecule has 0 bridgehead atoms. The molecule has 0 amide bonds. The summed E-state index contributed by atoms with van der Waals surface area (Å²) in [7, 11) is 1.69. The van der Waals surface area contributed by atoms with Crippen LogP contribution in [0.25, 0.3) is 11.1 Å². The molecule has 1 N–H and O–H groups in total. The van der Waals surface area contributed by atoms with Crippen LogP contribution in [0.5, 0.6) is 0 Å². The van der Waals surface area contributed by atoms with Crippen LogP contribution < -0.4 is 11.1 Å². The van der Waals surface area contributed by atoms with E-state index in [-0.39, 0.29) is 11.2 Å². The fourth-order valence-electron chi connectivity index (χ4n) is 2.08. The summed E-state index contributed by atoms with van der Waals surface area (Å²) in [5.74, 6) is -0.354. The second-order valence-corrected chi connectivity index (χ2v) is 5.26. The van der Waals surface area contributed by atoms with E-state index in [1.54, 1.807) is 7.05 Å². The molecule has 0 fully saturated rings. The Balaban J connectivity index is 2.37. The van der Waals surface area contributed by atoms with Crippen molar-refractivity contribution >= 4 is 11.1 Å². The van der Waals surface area contributed by atoms with Crippen molar-refractivity contribution in [3.63, 3.8) is 0 Å². The lowest BCUT2D eigenvalue weighted by Gasteiger charge is -2.25. The standard InChI is InChI=1S/C14H17N3O2/c1-14(2,9-16-7-6-15)10-4-5-12-11(8-10)17(3)13(18)19-12/h4-5,8,16H,7,9H2,1-3H3. The van der Waals surface area contributed by atoms with Crippen molar-refractivity contribution in [1.82, 2.24) is 9.88 Å². The van der Waals surface area contributed by atoms with Crippen LogP contribution in [0.1, 0.15) is 19.4 Å². The predicted octanol–water partition coefficient (Wildman–Crippen LogP) is 1.52. The van der Waals surface area contributed by atoms with Crippen molar-refractivity contribution in [2.24, 2.45) is 7.05 Å². The highest BCUT2D eigenvalue weighted by molar-refractivity contribution is 5.74. The first-order chi connectivity index (χ1) is 8.95.